The first-order valence-electron chi connectivity index (χ1n) is 13.7. The smallest absolute Gasteiger partial charge is 0.244 e. The quantitative estimate of drug-likeness (QED) is 0.348. The standard InChI is InChI=1S/C31H32FNO8/c1-4-5-19(34)14-37-25-12-29-27(39-16-41-29)10-22(25)31(20-7-6-18(32)8-23(20)33-30(31)35)21-9-26-28(40-15-38-26)11-24(21)36-13-17(2)3/h6-12,17,19,34H,4-5,13-16H2,1-3H3,(H,33,35)/t19-,31?/m1/s1. The van der Waals surface area contributed by atoms with Gasteiger partial charge in [0.25, 0.3) is 0 Å². The van der Waals surface area contributed by atoms with E-state index in [0.29, 0.717) is 69.9 Å². The number of fused-ring (bicyclic) bond motifs is 3. The molecule has 0 aromatic heterocycles. The van der Waals surface area contributed by atoms with Crippen LogP contribution in [0.5, 0.6) is 34.5 Å². The van der Waals surface area contributed by atoms with E-state index in [9.17, 15) is 14.3 Å². The molecule has 216 valence electrons. The number of aliphatic hydroxyl groups excluding tert-OH is 1. The van der Waals surface area contributed by atoms with Crippen LogP contribution in [0, 0.1) is 11.7 Å². The number of aliphatic hydroxyl groups is 1. The van der Waals surface area contributed by atoms with Crippen molar-refractivity contribution in [2.45, 2.75) is 45.1 Å². The van der Waals surface area contributed by atoms with E-state index < -0.39 is 23.2 Å². The molecule has 9 nitrogen and oxygen atoms in total. The van der Waals surface area contributed by atoms with E-state index >= 15 is 0 Å². The lowest BCUT2D eigenvalue weighted by atomic mass is 9.69. The number of hydrogen-bond donors (Lipinski definition) is 2. The van der Waals surface area contributed by atoms with E-state index in [2.05, 4.69) is 5.32 Å². The Kier molecular flexibility index (Phi) is 7.03. The highest BCUT2D eigenvalue weighted by Gasteiger charge is 2.54. The molecule has 1 unspecified atom stereocenters. The molecule has 1 amide bonds. The minimum Gasteiger partial charge on any atom is -0.493 e. The maximum atomic E-state index is 14.5. The molecule has 0 fully saturated rings. The van der Waals surface area contributed by atoms with Gasteiger partial charge < -0.3 is 38.8 Å². The van der Waals surface area contributed by atoms with Crippen molar-refractivity contribution in [1.82, 2.24) is 0 Å². The van der Waals surface area contributed by atoms with Crippen molar-refractivity contribution in [3.05, 3.63) is 65.0 Å². The SMILES string of the molecule is CCC[C@@H](O)COc1cc2c(cc1C1(c3cc4c(cc3OCC(C)C)OCO4)C(=O)Nc3cc(F)ccc31)OCO2. The maximum Gasteiger partial charge on any atom is 0.244 e. The highest BCUT2D eigenvalue weighted by atomic mass is 19.1. The second-order valence-electron chi connectivity index (χ2n) is 10.8. The molecule has 3 aliphatic rings. The third-order valence-corrected chi connectivity index (χ3v) is 7.36. The van der Waals surface area contributed by atoms with Crippen LogP contribution in [0.25, 0.3) is 0 Å². The summed E-state index contributed by atoms with van der Waals surface area (Å²) in [5, 5.41) is 13.4. The van der Waals surface area contributed by atoms with Gasteiger partial charge in [-0.25, -0.2) is 4.39 Å². The van der Waals surface area contributed by atoms with Crippen molar-refractivity contribution in [2.75, 3.05) is 32.1 Å². The summed E-state index contributed by atoms with van der Waals surface area (Å²) in [4.78, 5) is 14.4. The van der Waals surface area contributed by atoms with Crippen molar-refractivity contribution in [1.29, 1.82) is 0 Å². The van der Waals surface area contributed by atoms with E-state index in [1.165, 1.54) is 12.1 Å². The molecule has 41 heavy (non-hydrogen) atoms. The van der Waals surface area contributed by atoms with Crippen molar-refractivity contribution in [3.8, 4) is 34.5 Å². The molecule has 3 aromatic rings. The molecular formula is C31H32FNO8. The molecule has 10 heteroatoms. The molecule has 3 heterocycles. The molecule has 3 aromatic carbocycles. The summed E-state index contributed by atoms with van der Waals surface area (Å²) in [7, 11) is 0. The summed E-state index contributed by atoms with van der Waals surface area (Å²) < 4.78 is 49.7. The second kappa shape index (κ2) is 10.7. The molecular weight excluding hydrogens is 533 g/mol. The van der Waals surface area contributed by atoms with Crippen molar-refractivity contribution in [2.24, 2.45) is 5.92 Å². The van der Waals surface area contributed by atoms with Crippen molar-refractivity contribution >= 4 is 11.6 Å². The van der Waals surface area contributed by atoms with E-state index in [4.69, 9.17) is 28.4 Å². The molecule has 2 atom stereocenters. The number of rotatable bonds is 10. The first-order chi connectivity index (χ1) is 19.8. The van der Waals surface area contributed by atoms with Gasteiger partial charge in [-0.05, 0) is 36.6 Å². The highest BCUT2D eigenvalue weighted by Crippen LogP contribution is 2.57. The Balaban J connectivity index is 1.63. The van der Waals surface area contributed by atoms with E-state index in [-0.39, 0.29) is 26.1 Å². The molecule has 2 N–H and O–H groups in total. The Labute approximate surface area is 237 Å². The second-order valence-corrected chi connectivity index (χ2v) is 10.8. The van der Waals surface area contributed by atoms with Gasteiger partial charge in [0.05, 0.1) is 12.7 Å². The third kappa shape index (κ3) is 4.65. The zero-order valence-electron chi connectivity index (χ0n) is 23.1. The van der Waals surface area contributed by atoms with Crippen molar-refractivity contribution < 1.29 is 42.7 Å². The summed E-state index contributed by atoms with van der Waals surface area (Å²) in [5.74, 6) is 1.78. The van der Waals surface area contributed by atoms with Crippen LogP contribution in [0.2, 0.25) is 0 Å². The van der Waals surface area contributed by atoms with Gasteiger partial charge in [-0.1, -0.05) is 33.3 Å². The number of benzene rings is 3. The number of amides is 1. The van der Waals surface area contributed by atoms with Gasteiger partial charge in [-0.2, -0.15) is 0 Å². The summed E-state index contributed by atoms with van der Waals surface area (Å²) >= 11 is 0. The Bertz CT molecular complexity index is 1490. The molecule has 0 spiro atoms. The van der Waals surface area contributed by atoms with Crippen LogP contribution in [-0.2, 0) is 10.2 Å². The lowest BCUT2D eigenvalue weighted by molar-refractivity contribution is -0.118. The minimum atomic E-state index is -1.58. The number of carbonyl (C=O) groups excluding carboxylic acids is 1. The molecule has 0 saturated carbocycles. The monoisotopic (exact) mass is 565 g/mol. The summed E-state index contributed by atoms with van der Waals surface area (Å²) in [5.41, 5.74) is 0.110. The third-order valence-electron chi connectivity index (χ3n) is 7.36. The minimum absolute atomic E-state index is 0.00442. The Hall–Kier alpha value is -4.18. The van der Waals surface area contributed by atoms with Crippen molar-refractivity contribution in [3.63, 3.8) is 0 Å². The lowest BCUT2D eigenvalue weighted by Gasteiger charge is -2.32. The number of carbonyl (C=O) groups is 1. The predicted octanol–water partition coefficient (Wildman–Crippen LogP) is 5.14. The molecule has 6 rings (SSSR count). The number of hydrogen-bond acceptors (Lipinski definition) is 8. The number of anilines is 1. The van der Waals surface area contributed by atoms with Gasteiger partial charge in [-0.15, -0.1) is 0 Å². The van der Waals surface area contributed by atoms with Crippen LogP contribution < -0.4 is 33.7 Å². The normalized spacial score (nSPS) is 18.8. The fourth-order valence-corrected chi connectivity index (χ4v) is 5.50. The zero-order chi connectivity index (χ0) is 28.7. The number of nitrogens with one attached hydrogen (secondary N) is 1. The largest absolute Gasteiger partial charge is 0.493 e. The van der Waals surface area contributed by atoms with Crippen LogP contribution in [-0.4, -0.2) is 43.9 Å². The Morgan fingerprint density at radius 3 is 2.00 bits per heavy atom. The number of ether oxygens (including phenoxy) is 6. The average Bonchev–Trinajstić information content (AvgIpc) is 3.66. The van der Waals surface area contributed by atoms with Gasteiger partial charge in [-0.3, -0.25) is 4.79 Å². The summed E-state index contributed by atoms with van der Waals surface area (Å²) in [6, 6.07) is 11.0. The van der Waals surface area contributed by atoms with E-state index in [0.717, 1.165) is 6.42 Å². The highest BCUT2D eigenvalue weighted by molar-refractivity contribution is 6.12. The molecule has 0 bridgehead atoms. The molecule has 0 radical (unpaired) electrons. The summed E-state index contributed by atoms with van der Waals surface area (Å²) in [6.07, 6.45) is 0.601. The molecule has 0 aliphatic carbocycles. The van der Waals surface area contributed by atoms with Gasteiger partial charge in [0.1, 0.15) is 29.3 Å². The van der Waals surface area contributed by atoms with Crippen LogP contribution in [0.3, 0.4) is 0 Å². The van der Waals surface area contributed by atoms with Gasteiger partial charge in [0, 0.05) is 34.5 Å². The first-order valence-corrected chi connectivity index (χ1v) is 13.7. The fraction of sp³-hybridized carbons (Fsp3) is 0.387. The predicted molar refractivity (Wildman–Crippen MR) is 147 cm³/mol. The van der Waals surface area contributed by atoms with Crippen LogP contribution >= 0.6 is 0 Å². The lowest BCUT2D eigenvalue weighted by Crippen LogP contribution is -2.38. The van der Waals surface area contributed by atoms with Gasteiger partial charge >= 0.3 is 0 Å². The molecule has 0 saturated heterocycles. The first kappa shape index (κ1) is 27.0. The van der Waals surface area contributed by atoms with E-state index in [1.807, 2.05) is 20.8 Å². The Morgan fingerprint density at radius 2 is 1.44 bits per heavy atom. The number of halogens is 1. The topological polar surface area (TPSA) is 105 Å². The van der Waals surface area contributed by atoms with Crippen LogP contribution in [0.4, 0.5) is 10.1 Å². The van der Waals surface area contributed by atoms with Crippen LogP contribution in [0.1, 0.15) is 50.3 Å². The average molecular weight is 566 g/mol. The maximum absolute atomic E-state index is 14.5. The van der Waals surface area contributed by atoms with Gasteiger partial charge in [0.15, 0.2) is 23.0 Å². The fourth-order valence-electron chi connectivity index (χ4n) is 5.50. The van der Waals surface area contributed by atoms with Gasteiger partial charge in [0.2, 0.25) is 19.5 Å². The summed E-state index contributed by atoms with van der Waals surface area (Å²) in [6.45, 7) is 6.41. The van der Waals surface area contributed by atoms with E-state index in [1.54, 1.807) is 30.3 Å². The molecule has 3 aliphatic heterocycles. The zero-order valence-corrected chi connectivity index (χ0v) is 23.1. The Morgan fingerprint density at radius 1 is 0.878 bits per heavy atom. The van der Waals surface area contributed by atoms with Crippen LogP contribution in [0.15, 0.2) is 42.5 Å².